The zero-order valence-electron chi connectivity index (χ0n) is 8.72. The molecule has 0 atom stereocenters. The van der Waals surface area contributed by atoms with Crippen LogP contribution in [0, 0.1) is 6.92 Å². The Balaban J connectivity index is 2.20. The Morgan fingerprint density at radius 3 is 2.93 bits per heavy atom. The molecule has 0 bridgehead atoms. The highest BCUT2D eigenvalue weighted by atomic mass is 15.0. The second-order valence-corrected chi connectivity index (χ2v) is 3.55. The fourth-order valence-corrected chi connectivity index (χ4v) is 1.55. The van der Waals surface area contributed by atoms with E-state index in [1.807, 2.05) is 23.9 Å². The minimum absolute atomic E-state index is 0.497. The molecule has 0 fully saturated rings. The van der Waals surface area contributed by atoms with E-state index in [9.17, 15) is 0 Å². The Kier molecular flexibility index (Phi) is 2.78. The summed E-state index contributed by atoms with van der Waals surface area (Å²) in [5.41, 5.74) is 8.84. The summed E-state index contributed by atoms with van der Waals surface area (Å²) in [6, 6.07) is 2.12. The quantitative estimate of drug-likeness (QED) is 0.810. The molecule has 15 heavy (non-hydrogen) atoms. The van der Waals surface area contributed by atoms with Crippen LogP contribution in [0.3, 0.4) is 0 Å². The fraction of sp³-hybridized carbons (Fsp3) is 0.273. The molecule has 0 amide bonds. The van der Waals surface area contributed by atoms with E-state index >= 15 is 0 Å². The van der Waals surface area contributed by atoms with Gasteiger partial charge in [-0.2, -0.15) is 0 Å². The first-order valence-electron chi connectivity index (χ1n) is 4.90. The van der Waals surface area contributed by atoms with E-state index in [1.165, 1.54) is 5.56 Å². The number of imidazole rings is 1. The van der Waals surface area contributed by atoms with E-state index < -0.39 is 0 Å². The maximum Gasteiger partial charge on any atom is 0.0949 e. The van der Waals surface area contributed by atoms with Crippen LogP contribution >= 0.6 is 0 Å². The van der Waals surface area contributed by atoms with E-state index in [0.717, 1.165) is 17.8 Å². The Morgan fingerprint density at radius 1 is 1.47 bits per heavy atom. The highest BCUT2D eigenvalue weighted by Gasteiger charge is 2.00. The molecule has 2 rings (SSSR count). The lowest BCUT2D eigenvalue weighted by atomic mass is 10.1. The molecule has 0 spiro atoms. The van der Waals surface area contributed by atoms with Crippen molar-refractivity contribution in [2.24, 2.45) is 5.73 Å². The van der Waals surface area contributed by atoms with Gasteiger partial charge in [0.15, 0.2) is 0 Å². The maximum atomic E-state index is 5.56. The standard InChI is InChI=1S/C11H14N4/c1-9-4-10(6-14-11(9)5-12)7-15-3-2-13-8-15/h2-4,6,8H,5,7,12H2,1H3. The molecule has 0 aliphatic rings. The lowest BCUT2D eigenvalue weighted by Crippen LogP contribution is -2.04. The van der Waals surface area contributed by atoms with E-state index in [-0.39, 0.29) is 0 Å². The van der Waals surface area contributed by atoms with E-state index in [2.05, 4.69) is 16.0 Å². The monoisotopic (exact) mass is 202 g/mol. The molecule has 4 nitrogen and oxygen atoms in total. The third-order valence-corrected chi connectivity index (χ3v) is 2.36. The second kappa shape index (κ2) is 4.23. The van der Waals surface area contributed by atoms with Gasteiger partial charge >= 0.3 is 0 Å². The summed E-state index contributed by atoms with van der Waals surface area (Å²) in [7, 11) is 0. The lowest BCUT2D eigenvalue weighted by Gasteiger charge is -2.06. The molecule has 2 aromatic rings. The average molecular weight is 202 g/mol. The van der Waals surface area contributed by atoms with Crippen molar-refractivity contribution in [3.8, 4) is 0 Å². The molecule has 0 saturated carbocycles. The summed E-state index contributed by atoms with van der Waals surface area (Å²) in [6.45, 7) is 3.34. The van der Waals surface area contributed by atoms with Gasteiger partial charge < -0.3 is 10.3 Å². The van der Waals surface area contributed by atoms with Crippen molar-refractivity contribution >= 4 is 0 Å². The van der Waals surface area contributed by atoms with Gasteiger partial charge in [-0.1, -0.05) is 6.07 Å². The van der Waals surface area contributed by atoms with Crippen LogP contribution in [0.4, 0.5) is 0 Å². The Morgan fingerprint density at radius 2 is 2.33 bits per heavy atom. The molecule has 0 aliphatic heterocycles. The summed E-state index contributed by atoms with van der Waals surface area (Å²) >= 11 is 0. The van der Waals surface area contributed by atoms with Crippen LogP contribution in [-0.4, -0.2) is 14.5 Å². The summed E-state index contributed by atoms with van der Waals surface area (Å²) < 4.78 is 2.01. The van der Waals surface area contributed by atoms with E-state index in [0.29, 0.717) is 6.54 Å². The van der Waals surface area contributed by atoms with Crippen LogP contribution < -0.4 is 5.73 Å². The van der Waals surface area contributed by atoms with Gasteiger partial charge in [0, 0.05) is 25.1 Å². The predicted molar refractivity (Wildman–Crippen MR) is 58.2 cm³/mol. The van der Waals surface area contributed by atoms with Gasteiger partial charge in [-0.25, -0.2) is 4.98 Å². The van der Waals surface area contributed by atoms with Crippen LogP contribution in [0.5, 0.6) is 0 Å². The minimum Gasteiger partial charge on any atom is -0.333 e. The normalized spacial score (nSPS) is 10.5. The third-order valence-electron chi connectivity index (χ3n) is 2.36. The molecule has 4 heteroatoms. The second-order valence-electron chi connectivity index (χ2n) is 3.55. The summed E-state index contributed by atoms with van der Waals surface area (Å²) in [5, 5.41) is 0. The van der Waals surface area contributed by atoms with Crippen LogP contribution in [-0.2, 0) is 13.1 Å². The average Bonchev–Trinajstić information content (AvgIpc) is 2.71. The van der Waals surface area contributed by atoms with Crippen molar-refractivity contribution in [2.45, 2.75) is 20.0 Å². The first-order valence-corrected chi connectivity index (χ1v) is 4.90. The number of aryl methyl sites for hydroxylation is 1. The number of hydrogen-bond donors (Lipinski definition) is 1. The molecule has 2 aromatic heterocycles. The molecule has 0 aliphatic carbocycles. The van der Waals surface area contributed by atoms with Gasteiger partial charge in [0.05, 0.1) is 18.6 Å². The summed E-state index contributed by atoms with van der Waals surface area (Å²) in [4.78, 5) is 8.32. The number of aromatic nitrogens is 3. The Bertz CT molecular complexity index is 434. The van der Waals surface area contributed by atoms with Gasteiger partial charge in [0.25, 0.3) is 0 Å². The minimum atomic E-state index is 0.497. The molecule has 2 N–H and O–H groups in total. The van der Waals surface area contributed by atoms with Gasteiger partial charge in [-0.3, -0.25) is 4.98 Å². The zero-order valence-corrected chi connectivity index (χ0v) is 8.72. The largest absolute Gasteiger partial charge is 0.333 e. The van der Waals surface area contributed by atoms with Crippen LogP contribution in [0.2, 0.25) is 0 Å². The smallest absolute Gasteiger partial charge is 0.0949 e. The predicted octanol–water partition coefficient (Wildman–Crippen LogP) is 1.09. The SMILES string of the molecule is Cc1cc(Cn2ccnc2)cnc1CN. The summed E-state index contributed by atoms with van der Waals surface area (Å²) in [5.74, 6) is 0. The van der Waals surface area contributed by atoms with Gasteiger partial charge in [0.1, 0.15) is 0 Å². The van der Waals surface area contributed by atoms with Gasteiger partial charge in [0.2, 0.25) is 0 Å². The number of nitrogens with two attached hydrogens (primary N) is 1. The van der Waals surface area contributed by atoms with Crippen molar-refractivity contribution in [1.82, 2.24) is 14.5 Å². The topological polar surface area (TPSA) is 56.7 Å². The molecule has 0 unspecified atom stereocenters. The van der Waals surface area contributed by atoms with Crippen LogP contribution in [0.15, 0.2) is 31.0 Å². The third kappa shape index (κ3) is 2.22. The van der Waals surface area contributed by atoms with E-state index in [1.54, 1.807) is 12.5 Å². The first-order chi connectivity index (χ1) is 7.29. The van der Waals surface area contributed by atoms with Crippen molar-refractivity contribution in [2.75, 3.05) is 0 Å². The molecular weight excluding hydrogens is 188 g/mol. The molecular formula is C11H14N4. The fourth-order valence-electron chi connectivity index (χ4n) is 1.55. The Labute approximate surface area is 88.8 Å². The van der Waals surface area contributed by atoms with Crippen molar-refractivity contribution < 1.29 is 0 Å². The zero-order chi connectivity index (χ0) is 10.7. The number of hydrogen-bond acceptors (Lipinski definition) is 3. The van der Waals surface area contributed by atoms with Crippen LogP contribution in [0.1, 0.15) is 16.8 Å². The van der Waals surface area contributed by atoms with Crippen LogP contribution in [0.25, 0.3) is 0 Å². The van der Waals surface area contributed by atoms with Gasteiger partial charge in [-0.05, 0) is 18.1 Å². The Hall–Kier alpha value is -1.68. The molecule has 0 aromatic carbocycles. The first kappa shape index (κ1) is 9.86. The number of rotatable bonds is 3. The van der Waals surface area contributed by atoms with Gasteiger partial charge in [-0.15, -0.1) is 0 Å². The lowest BCUT2D eigenvalue weighted by molar-refractivity contribution is 0.788. The molecule has 0 radical (unpaired) electrons. The van der Waals surface area contributed by atoms with Crippen molar-refractivity contribution in [1.29, 1.82) is 0 Å². The highest BCUT2D eigenvalue weighted by molar-refractivity contribution is 5.24. The maximum absolute atomic E-state index is 5.56. The van der Waals surface area contributed by atoms with Crippen molar-refractivity contribution in [3.05, 3.63) is 47.8 Å². The van der Waals surface area contributed by atoms with Crippen molar-refractivity contribution in [3.63, 3.8) is 0 Å². The number of nitrogens with zero attached hydrogens (tertiary/aromatic N) is 3. The molecule has 0 saturated heterocycles. The summed E-state index contributed by atoms with van der Waals surface area (Å²) in [6.07, 6.45) is 7.38. The van der Waals surface area contributed by atoms with E-state index in [4.69, 9.17) is 5.73 Å². The molecule has 2 heterocycles. The molecule has 78 valence electrons. The highest BCUT2D eigenvalue weighted by Crippen LogP contribution is 2.08. The number of pyridine rings is 1.